The molecule has 0 radical (unpaired) electrons. The molecular weight excluding hydrogens is 455 g/mol. The number of carbonyl (C=O) groups excluding carboxylic acids is 1. The average Bonchev–Trinajstić information content (AvgIpc) is 3.43. The van der Waals surface area contributed by atoms with Gasteiger partial charge in [0.25, 0.3) is 11.5 Å². The maximum atomic E-state index is 12.8. The van der Waals surface area contributed by atoms with Crippen LogP contribution in [0.2, 0.25) is 0 Å². The first-order chi connectivity index (χ1) is 15.7. The highest BCUT2D eigenvalue weighted by molar-refractivity contribution is 7.13. The second-order valence-electron chi connectivity index (χ2n) is 7.14. The lowest BCUT2D eigenvalue weighted by Crippen LogP contribution is -2.22. The molecule has 4 rings (SSSR count). The zero-order valence-corrected chi connectivity index (χ0v) is 18.3. The van der Waals surface area contributed by atoms with Gasteiger partial charge in [-0.25, -0.2) is 4.98 Å². The number of alkyl halides is 3. The molecule has 3 heterocycles. The molecule has 7 nitrogen and oxygen atoms in total. The summed E-state index contributed by atoms with van der Waals surface area (Å²) in [6, 6.07) is 9.18. The van der Waals surface area contributed by atoms with Gasteiger partial charge in [-0.15, -0.1) is 11.3 Å². The summed E-state index contributed by atoms with van der Waals surface area (Å²) in [6.07, 6.45) is -3.99. The lowest BCUT2D eigenvalue weighted by molar-refractivity contribution is -0.137. The van der Waals surface area contributed by atoms with Gasteiger partial charge in [-0.05, 0) is 49.1 Å². The number of benzene rings is 1. The third-order valence-electron chi connectivity index (χ3n) is 4.96. The largest absolute Gasteiger partial charge is 0.416 e. The van der Waals surface area contributed by atoms with Crippen LogP contribution in [-0.2, 0) is 12.6 Å². The number of aromatic nitrogens is 4. The normalized spacial score (nSPS) is 11.5. The van der Waals surface area contributed by atoms with E-state index in [-0.39, 0.29) is 22.9 Å². The minimum Gasteiger partial charge on any atom is -0.306 e. The summed E-state index contributed by atoms with van der Waals surface area (Å²) in [5.41, 5.74) is 0.481. The van der Waals surface area contributed by atoms with Gasteiger partial charge in [0, 0.05) is 22.9 Å². The summed E-state index contributed by atoms with van der Waals surface area (Å²) in [6.45, 7) is 3.55. The van der Waals surface area contributed by atoms with Crippen LogP contribution in [0.15, 0.2) is 52.6 Å². The first-order valence-corrected chi connectivity index (χ1v) is 10.8. The van der Waals surface area contributed by atoms with Crippen LogP contribution >= 0.6 is 11.3 Å². The van der Waals surface area contributed by atoms with Crippen molar-refractivity contribution in [2.75, 3.05) is 5.32 Å². The van der Waals surface area contributed by atoms with Crippen molar-refractivity contribution in [3.63, 3.8) is 0 Å². The van der Waals surface area contributed by atoms with Gasteiger partial charge in [0.1, 0.15) is 11.5 Å². The van der Waals surface area contributed by atoms with Crippen molar-refractivity contribution in [1.29, 1.82) is 0 Å². The monoisotopic (exact) mass is 473 g/mol. The van der Waals surface area contributed by atoms with Crippen molar-refractivity contribution in [1.82, 2.24) is 19.7 Å². The molecule has 0 aliphatic heterocycles. The number of anilines is 1. The summed E-state index contributed by atoms with van der Waals surface area (Å²) < 4.78 is 39.7. The zero-order valence-electron chi connectivity index (χ0n) is 17.5. The number of nitrogens with one attached hydrogen (secondary N) is 2. The number of amides is 1. The molecule has 33 heavy (non-hydrogen) atoms. The van der Waals surface area contributed by atoms with Crippen LogP contribution in [-0.4, -0.2) is 25.7 Å². The van der Waals surface area contributed by atoms with Gasteiger partial charge in [0.05, 0.1) is 10.4 Å². The molecule has 0 atom stereocenters. The lowest BCUT2D eigenvalue weighted by Gasteiger charge is -2.10. The van der Waals surface area contributed by atoms with Crippen LogP contribution in [0.4, 0.5) is 19.0 Å². The van der Waals surface area contributed by atoms with Crippen molar-refractivity contribution < 1.29 is 18.0 Å². The summed E-state index contributed by atoms with van der Waals surface area (Å²) in [4.78, 5) is 33.1. The Balaban J connectivity index is 1.73. The van der Waals surface area contributed by atoms with Gasteiger partial charge in [-0.3, -0.25) is 14.6 Å². The molecule has 4 aromatic rings. The van der Waals surface area contributed by atoms with Gasteiger partial charge in [0.15, 0.2) is 0 Å². The second kappa shape index (κ2) is 8.66. The van der Waals surface area contributed by atoms with E-state index >= 15 is 0 Å². The first-order valence-electron chi connectivity index (χ1n) is 9.90. The Morgan fingerprint density at radius 3 is 2.52 bits per heavy atom. The van der Waals surface area contributed by atoms with Gasteiger partial charge in [-0.2, -0.15) is 23.0 Å². The standard InChI is InChI=1S/C22H18F3N5O2S/c1-3-15-12(2)26-21(28-20(15)32)30-18(11-16(29-30)17-5-4-10-33-17)27-19(31)13-6-8-14(9-7-13)22(23,24)25/h4-11H,3H2,1-2H3,(H,27,31)(H,26,28,32). The number of aromatic amines is 1. The molecule has 3 aromatic heterocycles. The molecule has 0 saturated heterocycles. The summed E-state index contributed by atoms with van der Waals surface area (Å²) in [5.74, 6) is -0.317. The van der Waals surface area contributed by atoms with Gasteiger partial charge >= 0.3 is 6.18 Å². The molecule has 170 valence electrons. The SMILES string of the molecule is CCc1c(C)nc(-n2nc(-c3cccs3)cc2NC(=O)c2ccc(C(F)(F)F)cc2)[nH]c1=O. The van der Waals surface area contributed by atoms with Crippen LogP contribution in [0.25, 0.3) is 16.5 Å². The van der Waals surface area contributed by atoms with Crippen LogP contribution in [0, 0.1) is 6.92 Å². The number of hydrogen-bond acceptors (Lipinski definition) is 5. The van der Waals surface area contributed by atoms with Gasteiger partial charge in [0.2, 0.25) is 5.95 Å². The molecular formula is C22H18F3N5O2S. The minimum atomic E-state index is -4.50. The Labute approximate surface area is 189 Å². The summed E-state index contributed by atoms with van der Waals surface area (Å²) in [7, 11) is 0. The van der Waals surface area contributed by atoms with E-state index in [4.69, 9.17) is 0 Å². The molecule has 0 saturated carbocycles. The Bertz CT molecular complexity index is 1360. The van der Waals surface area contributed by atoms with Crippen molar-refractivity contribution in [3.8, 4) is 16.5 Å². The molecule has 0 aliphatic rings. The van der Waals surface area contributed by atoms with Crippen LogP contribution in [0.5, 0.6) is 0 Å². The number of rotatable bonds is 5. The van der Waals surface area contributed by atoms with E-state index in [1.54, 1.807) is 13.0 Å². The smallest absolute Gasteiger partial charge is 0.306 e. The van der Waals surface area contributed by atoms with E-state index in [9.17, 15) is 22.8 Å². The number of thiophene rings is 1. The third kappa shape index (κ3) is 4.58. The Morgan fingerprint density at radius 1 is 1.21 bits per heavy atom. The second-order valence-corrected chi connectivity index (χ2v) is 8.09. The Morgan fingerprint density at radius 2 is 1.94 bits per heavy atom. The van der Waals surface area contributed by atoms with E-state index in [2.05, 4.69) is 20.4 Å². The number of hydrogen-bond donors (Lipinski definition) is 2. The molecule has 0 bridgehead atoms. The first kappa shape index (κ1) is 22.5. The molecule has 0 unspecified atom stereocenters. The number of carbonyl (C=O) groups is 1. The fourth-order valence-corrected chi connectivity index (χ4v) is 3.97. The highest BCUT2D eigenvalue weighted by atomic mass is 32.1. The number of nitrogens with zero attached hydrogens (tertiary/aromatic N) is 3. The molecule has 0 spiro atoms. The van der Waals surface area contributed by atoms with Crippen molar-refractivity contribution in [2.24, 2.45) is 0 Å². The topological polar surface area (TPSA) is 92.7 Å². The van der Waals surface area contributed by atoms with Gasteiger partial charge < -0.3 is 5.32 Å². The average molecular weight is 473 g/mol. The fraction of sp³-hybridized carbons (Fsp3) is 0.182. The van der Waals surface area contributed by atoms with E-state index in [0.29, 0.717) is 23.4 Å². The van der Waals surface area contributed by atoms with Crippen LogP contribution < -0.4 is 10.9 Å². The number of halogens is 3. The fourth-order valence-electron chi connectivity index (χ4n) is 3.29. The number of aryl methyl sites for hydroxylation is 1. The van der Waals surface area contributed by atoms with E-state index < -0.39 is 17.6 Å². The molecule has 1 aromatic carbocycles. The van der Waals surface area contributed by atoms with Crippen LogP contribution in [0.3, 0.4) is 0 Å². The molecule has 1 amide bonds. The van der Waals surface area contributed by atoms with E-state index in [0.717, 1.165) is 29.1 Å². The quantitative estimate of drug-likeness (QED) is 0.434. The summed E-state index contributed by atoms with van der Waals surface area (Å²) in [5, 5.41) is 9.01. The van der Waals surface area contributed by atoms with E-state index in [1.807, 2.05) is 24.4 Å². The zero-order chi connectivity index (χ0) is 23.8. The predicted molar refractivity (Wildman–Crippen MR) is 119 cm³/mol. The maximum Gasteiger partial charge on any atom is 0.416 e. The number of H-pyrrole nitrogens is 1. The van der Waals surface area contributed by atoms with Crippen molar-refractivity contribution in [2.45, 2.75) is 26.4 Å². The Hall–Kier alpha value is -3.73. The third-order valence-corrected chi connectivity index (χ3v) is 5.86. The maximum absolute atomic E-state index is 12.8. The van der Waals surface area contributed by atoms with E-state index in [1.165, 1.54) is 16.0 Å². The Kier molecular flexibility index (Phi) is 5.90. The minimum absolute atomic E-state index is 0.0346. The highest BCUT2D eigenvalue weighted by Crippen LogP contribution is 2.30. The lowest BCUT2D eigenvalue weighted by atomic mass is 10.1. The summed E-state index contributed by atoms with van der Waals surface area (Å²) >= 11 is 1.44. The van der Waals surface area contributed by atoms with Crippen LogP contribution in [0.1, 0.15) is 34.1 Å². The molecule has 11 heteroatoms. The molecule has 0 aliphatic carbocycles. The molecule has 2 N–H and O–H groups in total. The molecule has 0 fully saturated rings. The predicted octanol–water partition coefficient (Wildman–Crippen LogP) is 4.83. The van der Waals surface area contributed by atoms with Crippen molar-refractivity contribution >= 4 is 23.1 Å². The van der Waals surface area contributed by atoms with Crippen molar-refractivity contribution in [3.05, 3.63) is 80.6 Å². The highest BCUT2D eigenvalue weighted by Gasteiger charge is 2.30. The van der Waals surface area contributed by atoms with Gasteiger partial charge in [-0.1, -0.05) is 13.0 Å².